The van der Waals surface area contributed by atoms with Crippen molar-refractivity contribution in [3.05, 3.63) is 0 Å². The molecule has 1 saturated heterocycles. The maximum absolute atomic E-state index is 9.23. The predicted octanol–water partition coefficient (Wildman–Crippen LogP) is -0.594. The van der Waals surface area contributed by atoms with E-state index in [2.05, 4.69) is 5.32 Å². The minimum absolute atomic E-state index is 0.0949. The van der Waals surface area contributed by atoms with Gasteiger partial charge in [0.2, 0.25) is 0 Å². The Balaban J connectivity index is 2.42. The van der Waals surface area contributed by atoms with Crippen LogP contribution in [0.25, 0.3) is 0 Å². The first kappa shape index (κ1) is 6.99. The third-order valence-corrected chi connectivity index (χ3v) is 1.77. The molecule has 4 N–H and O–H groups in total. The summed E-state index contributed by atoms with van der Waals surface area (Å²) in [6.45, 7) is 2.62. The molecule has 0 saturated carbocycles. The Kier molecular flexibility index (Phi) is 1.75. The van der Waals surface area contributed by atoms with Gasteiger partial charge >= 0.3 is 0 Å². The molecule has 1 fully saturated rings. The van der Waals surface area contributed by atoms with Crippen molar-refractivity contribution < 1.29 is 5.11 Å². The van der Waals surface area contributed by atoms with Gasteiger partial charge in [0.05, 0.1) is 0 Å². The van der Waals surface area contributed by atoms with Crippen molar-refractivity contribution >= 4 is 0 Å². The summed E-state index contributed by atoms with van der Waals surface area (Å²) in [7, 11) is 0. The van der Waals surface area contributed by atoms with Gasteiger partial charge < -0.3 is 16.2 Å². The molecule has 9 heavy (non-hydrogen) atoms. The summed E-state index contributed by atoms with van der Waals surface area (Å²) in [6.07, 6.45) is 2.11. The Morgan fingerprint density at radius 3 is 2.67 bits per heavy atom. The topological polar surface area (TPSA) is 58.3 Å². The van der Waals surface area contributed by atoms with Gasteiger partial charge in [-0.1, -0.05) is 0 Å². The molecular formula is C6H14N2O. The molecule has 0 amide bonds. The Bertz CT molecular complexity index is 91.7. The highest BCUT2D eigenvalue weighted by Gasteiger charge is 2.29. The fourth-order valence-electron chi connectivity index (χ4n) is 1.18. The Labute approximate surface area is 55.2 Å². The smallest absolute Gasteiger partial charge is 0.126 e. The van der Waals surface area contributed by atoms with Crippen molar-refractivity contribution in [1.29, 1.82) is 0 Å². The van der Waals surface area contributed by atoms with E-state index in [1.54, 1.807) is 6.92 Å². The summed E-state index contributed by atoms with van der Waals surface area (Å²) in [5.41, 5.74) is 4.40. The zero-order chi connectivity index (χ0) is 6.91. The second-order valence-electron chi connectivity index (χ2n) is 2.87. The monoisotopic (exact) mass is 130 g/mol. The molecule has 0 bridgehead atoms. The Hall–Kier alpha value is -0.120. The average molecular weight is 130 g/mol. The first-order chi connectivity index (χ1) is 4.11. The van der Waals surface area contributed by atoms with Crippen LogP contribution in [-0.2, 0) is 0 Å². The van der Waals surface area contributed by atoms with Gasteiger partial charge in [-0.2, -0.15) is 0 Å². The van der Waals surface area contributed by atoms with Crippen LogP contribution >= 0.6 is 0 Å². The van der Waals surface area contributed by atoms with Crippen molar-refractivity contribution in [3.8, 4) is 0 Å². The average Bonchev–Trinajstić information content (AvgIpc) is 2.08. The predicted molar refractivity (Wildman–Crippen MR) is 35.8 cm³/mol. The molecule has 54 valence electrons. The van der Waals surface area contributed by atoms with Crippen LogP contribution in [0.3, 0.4) is 0 Å². The molecule has 2 atom stereocenters. The lowest BCUT2D eigenvalue weighted by atomic mass is 10.1. The van der Waals surface area contributed by atoms with Gasteiger partial charge in [-0.3, -0.25) is 0 Å². The first-order valence-electron chi connectivity index (χ1n) is 3.35. The zero-order valence-electron chi connectivity index (χ0n) is 5.72. The lowest BCUT2D eigenvalue weighted by molar-refractivity contribution is 0.0324. The van der Waals surface area contributed by atoms with Crippen LogP contribution in [0, 0.1) is 0 Å². The van der Waals surface area contributed by atoms with E-state index < -0.39 is 5.72 Å². The number of hydrogen-bond donors (Lipinski definition) is 3. The molecule has 0 spiro atoms. The van der Waals surface area contributed by atoms with Crippen LogP contribution in [0.15, 0.2) is 0 Å². The molecule has 3 heteroatoms. The van der Waals surface area contributed by atoms with E-state index in [1.807, 2.05) is 0 Å². The summed E-state index contributed by atoms with van der Waals surface area (Å²) in [5.74, 6) is 0. The van der Waals surface area contributed by atoms with Crippen LogP contribution in [0.2, 0.25) is 0 Å². The number of rotatable bonds is 1. The molecule has 1 heterocycles. The number of hydrogen-bond acceptors (Lipinski definition) is 3. The SMILES string of the molecule is CC(N)(O)C1CCCN1. The lowest BCUT2D eigenvalue weighted by Crippen LogP contribution is -2.52. The van der Waals surface area contributed by atoms with Crippen LogP contribution < -0.4 is 11.1 Å². The number of aliphatic hydroxyl groups is 1. The second kappa shape index (κ2) is 2.25. The molecule has 0 aromatic heterocycles. The quantitative estimate of drug-likeness (QED) is 0.416. The highest BCUT2D eigenvalue weighted by molar-refractivity contribution is 4.86. The summed E-state index contributed by atoms with van der Waals surface area (Å²) in [6, 6.07) is 0.0949. The van der Waals surface area contributed by atoms with Crippen molar-refractivity contribution in [1.82, 2.24) is 5.32 Å². The number of nitrogens with two attached hydrogens (primary N) is 1. The van der Waals surface area contributed by atoms with Crippen LogP contribution in [-0.4, -0.2) is 23.4 Å². The molecule has 2 unspecified atom stereocenters. The normalized spacial score (nSPS) is 34.3. The van der Waals surface area contributed by atoms with Crippen molar-refractivity contribution in [3.63, 3.8) is 0 Å². The Morgan fingerprint density at radius 2 is 2.44 bits per heavy atom. The molecule has 0 aromatic carbocycles. The Morgan fingerprint density at radius 1 is 1.78 bits per heavy atom. The van der Waals surface area contributed by atoms with E-state index in [1.165, 1.54) is 0 Å². The summed E-state index contributed by atoms with van der Waals surface area (Å²) >= 11 is 0. The molecule has 1 aliphatic rings. The van der Waals surface area contributed by atoms with E-state index in [-0.39, 0.29) is 6.04 Å². The van der Waals surface area contributed by atoms with Crippen LogP contribution in [0.4, 0.5) is 0 Å². The molecule has 0 aliphatic carbocycles. The van der Waals surface area contributed by atoms with E-state index >= 15 is 0 Å². The molecule has 1 rings (SSSR count). The fraction of sp³-hybridized carbons (Fsp3) is 1.00. The van der Waals surface area contributed by atoms with Gasteiger partial charge in [0.25, 0.3) is 0 Å². The van der Waals surface area contributed by atoms with Gasteiger partial charge in [-0.15, -0.1) is 0 Å². The maximum Gasteiger partial charge on any atom is 0.126 e. The van der Waals surface area contributed by atoms with Crippen molar-refractivity contribution in [2.75, 3.05) is 6.54 Å². The van der Waals surface area contributed by atoms with E-state index in [9.17, 15) is 5.11 Å². The summed E-state index contributed by atoms with van der Waals surface area (Å²) in [5, 5.41) is 12.4. The first-order valence-corrected chi connectivity index (χ1v) is 3.35. The minimum atomic E-state index is -1.03. The van der Waals surface area contributed by atoms with Gasteiger partial charge in [0.1, 0.15) is 5.72 Å². The highest BCUT2D eigenvalue weighted by atomic mass is 16.3. The van der Waals surface area contributed by atoms with E-state index in [0.29, 0.717) is 0 Å². The molecule has 1 aliphatic heterocycles. The molecular weight excluding hydrogens is 116 g/mol. The largest absolute Gasteiger partial charge is 0.375 e. The maximum atomic E-state index is 9.23. The van der Waals surface area contributed by atoms with Crippen LogP contribution in [0.1, 0.15) is 19.8 Å². The standard InChI is InChI=1S/C6H14N2O/c1-6(7,9)5-3-2-4-8-5/h5,8-9H,2-4,7H2,1H3. The van der Waals surface area contributed by atoms with E-state index in [4.69, 9.17) is 5.73 Å². The van der Waals surface area contributed by atoms with Gasteiger partial charge in [0.15, 0.2) is 0 Å². The highest BCUT2D eigenvalue weighted by Crippen LogP contribution is 2.13. The minimum Gasteiger partial charge on any atom is -0.375 e. The summed E-state index contributed by atoms with van der Waals surface area (Å²) < 4.78 is 0. The van der Waals surface area contributed by atoms with Crippen molar-refractivity contribution in [2.45, 2.75) is 31.5 Å². The third-order valence-electron chi connectivity index (χ3n) is 1.77. The van der Waals surface area contributed by atoms with Gasteiger partial charge in [0, 0.05) is 6.04 Å². The second-order valence-corrected chi connectivity index (χ2v) is 2.87. The fourth-order valence-corrected chi connectivity index (χ4v) is 1.18. The molecule has 0 aromatic rings. The van der Waals surface area contributed by atoms with Gasteiger partial charge in [-0.25, -0.2) is 0 Å². The molecule has 0 radical (unpaired) electrons. The third kappa shape index (κ3) is 1.64. The van der Waals surface area contributed by atoms with E-state index in [0.717, 1.165) is 19.4 Å². The van der Waals surface area contributed by atoms with Crippen molar-refractivity contribution in [2.24, 2.45) is 5.73 Å². The number of nitrogens with one attached hydrogen (secondary N) is 1. The summed E-state index contributed by atoms with van der Waals surface area (Å²) in [4.78, 5) is 0. The lowest BCUT2D eigenvalue weighted by Gasteiger charge is -2.24. The molecule has 3 nitrogen and oxygen atoms in total. The van der Waals surface area contributed by atoms with Crippen LogP contribution in [0.5, 0.6) is 0 Å². The zero-order valence-corrected chi connectivity index (χ0v) is 5.72. The van der Waals surface area contributed by atoms with Gasteiger partial charge in [-0.05, 0) is 26.3 Å².